The molecule has 0 aliphatic carbocycles. The van der Waals surface area contributed by atoms with Crippen molar-refractivity contribution in [3.05, 3.63) is 23.5 Å². The van der Waals surface area contributed by atoms with Crippen molar-refractivity contribution in [2.45, 2.75) is 39.2 Å². The lowest BCUT2D eigenvalue weighted by molar-refractivity contribution is 0.0929. The van der Waals surface area contributed by atoms with E-state index in [2.05, 4.69) is 22.1 Å². The molecule has 2 heterocycles. The normalized spacial score (nSPS) is 17.7. The van der Waals surface area contributed by atoms with Gasteiger partial charge in [-0.1, -0.05) is 6.42 Å². The smallest absolute Gasteiger partial charge is 0.253 e. The maximum Gasteiger partial charge on any atom is 0.253 e. The molecule has 1 atom stereocenters. The van der Waals surface area contributed by atoms with E-state index in [1.165, 1.54) is 19.3 Å². The topological polar surface area (TPSA) is 71.2 Å². The first-order valence-corrected chi connectivity index (χ1v) is 7.32. The standard InChI is InChI=1S/C15H24N4O/c1-11(19-6-4-3-5-7-19)9-18-15(20)14-8-13(16)10-17-12(14)2/h8,10-11H,3-7,9,16H2,1-2H3,(H,18,20). The van der Waals surface area contributed by atoms with Crippen molar-refractivity contribution < 1.29 is 4.79 Å². The number of hydrogen-bond donors (Lipinski definition) is 2. The van der Waals surface area contributed by atoms with Gasteiger partial charge in [0.15, 0.2) is 0 Å². The fraction of sp³-hybridized carbons (Fsp3) is 0.600. The highest BCUT2D eigenvalue weighted by atomic mass is 16.1. The van der Waals surface area contributed by atoms with Crippen LogP contribution in [-0.4, -0.2) is 41.5 Å². The van der Waals surface area contributed by atoms with Crippen LogP contribution < -0.4 is 11.1 Å². The average molecular weight is 276 g/mol. The number of nitrogens with zero attached hydrogens (tertiary/aromatic N) is 2. The van der Waals surface area contributed by atoms with Gasteiger partial charge in [0, 0.05) is 12.6 Å². The number of pyridine rings is 1. The van der Waals surface area contributed by atoms with Crippen LogP contribution >= 0.6 is 0 Å². The third kappa shape index (κ3) is 3.70. The Bertz CT molecular complexity index is 469. The Morgan fingerprint density at radius 3 is 2.85 bits per heavy atom. The van der Waals surface area contributed by atoms with Crippen LogP contribution in [0.25, 0.3) is 0 Å². The van der Waals surface area contributed by atoms with Crippen LogP contribution in [0.3, 0.4) is 0 Å². The van der Waals surface area contributed by atoms with E-state index in [9.17, 15) is 4.79 Å². The molecule has 0 spiro atoms. The largest absolute Gasteiger partial charge is 0.397 e. The number of anilines is 1. The van der Waals surface area contributed by atoms with Crippen molar-refractivity contribution in [3.63, 3.8) is 0 Å². The molecule has 1 aromatic heterocycles. The van der Waals surface area contributed by atoms with Gasteiger partial charge in [0.1, 0.15) is 0 Å². The van der Waals surface area contributed by atoms with E-state index in [0.717, 1.165) is 13.1 Å². The van der Waals surface area contributed by atoms with Gasteiger partial charge in [-0.3, -0.25) is 14.7 Å². The molecule has 5 heteroatoms. The van der Waals surface area contributed by atoms with Crippen LogP contribution in [0.4, 0.5) is 5.69 Å². The number of carbonyl (C=O) groups is 1. The fourth-order valence-electron chi connectivity index (χ4n) is 2.60. The lowest BCUT2D eigenvalue weighted by Gasteiger charge is -2.32. The van der Waals surface area contributed by atoms with Gasteiger partial charge in [0.2, 0.25) is 0 Å². The lowest BCUT2D eigenvalue weighted by atomic mass is 10.1. The predicted octanol–water partition coefficient (Wildman–Crippen LogP) is 1.58. The number of amides is 1. The molecule has 3 N–H and O–H groups in total. The minimum Gasteiger partial charge on any atom is -0.397 e. The van der Waals surface area contributed by atoms with Crippen molar-refractivity contribution >= 4 is 11.6 Å². The highest BCUT2D eigenvalue weighted by molar-refractivity contribution is 5.95. The molecule has 0 aromatic carbocycles. The van der Waals surface area contributed by atoms with Crippen LogP contribution in [0.2, 0.25) is 0 Å². The summed E-state index contributed by atoms with van der Waals surface area (Å²) >= 11 is 0. The number of nitrogen functional groups attached to an aromatic ring is 1. The van der Waals surface area contributed by atoms with E-state index < -0.39 is 0 Å². The second-order valence-electron chi connectivity index (χ2n) is 5.56. The van der Waals surface area contributed by atoms with Gasteiger partial charge >= 0.3 is 0 Å². The lowest BCUT2D eigenvalue weighted by Crippen LogP contribution is -2.44. The minimum absolute atomic E-state index is 0.0915. The first kappa shape index (κ1) is 14.8. The van der Waals surface area contributed by atoms with Gasteiger partial charge in [-0.2, -0.15) is 0 Å². The quantitative estimate of drug-likeness (QED) is 0.876. The summed E-state index contributed by atoms with van der Waals surface area (Å²) in [6.45, 7) is 6.91. The molecular weight excluding hydrogens is 252 g/mol. The van der Waals surface area contributed by atoms with Crippen molar-refractivity contribution in [2.24, 2.45) is 0 Å². The van der Waals surface area contributed by atoms with Crippen LogP contribution in [0, 0.1) is 6.92 Å². The second-order valence-corrected chi connectivity index (χ2v) is 5.56. The SMILES string of the molecule is Cc1ncc(N)cc1C(=O)NCC(C)N1CCCCC1. The summed E-state index contributed by atoms with van der Waals surface area (Å²) in [6.07, 6.45) is 5.42. The van der Waals surface area contributed by atoms with Crippen LogP contribution in [-0.2, 0) is 0 Å². The zero-order chi connectivity index (χ0) is 14.5. The Labute approximate surface area is 120 Å². The summed E-state index contributed by atoms with van der Waals surface area (Å²) in [5.41, 5.74) is 7.48. The van der Waals surface area contributed by atoms with Crippen molar-refractivity contribution in [1.29, 1.82) is 0 Å². The molecule has 1 aliphatic heterocycles. The Morgan fingerprint density at radius 2 is 2.15 bits per heavy atom. The number of rotatable bonds is 4. The number of nitrogens with two attached hydrogens (primary N) is 1. The Hall–Kier alpha value is -1.62. The fourth-order valence-corrected chi connectivity index (χ4v) is 2.60. The van der Waals surface area contributed by atoms with E-state index in [1.54, 1.807) is 12.3 Å². The number of aromatic nitrogens is 1. The van der Waals surface area contributed by atoms with Gasteiger partial charge in [-0.25, -0.2) is 0 Å². The Balaban J connectivity index is 1.89. The summed E-state index contributed by atoms with van der Waals surface area (Å²) in [7, 11) is 0. The highest BCUT2D eigenvalue weighted by Gasteiger charge is 2.18. The molecule has 0 radical (unpaired) electrons. The summed E-state index contributed by atoms with van der Waals surface area (Å²) < 4.78 is 0. The van der Waals surface area contributed by atoms with Gasteiger partial charge in [-0.15, -0.1) is 0 Å². The maximum absolute atomic E-state index is 12.2. The first-order chi connectivity index (χ1) is 9.58. The zero-order valence-corrected chi connectivity index (χ0v) is 12.4. The summed E-state index contributed by atoms with van der Waals surface area (Å²) in [6, 6.07) is 2.05. The molecule has 0 saturated carbocycles. The van der Waals surface area contributed by atoms with Gasteiger partial charge in [0.25, 0.3) is 5.91 Å². The van der Waals surface area contributed by atoms with Gasteiger partial charge in [0.05, 0.1) is 23.1 Å². The molecule has 1 fully saturated rings. The molecule has 1 saturated heterocycles. The Morgan fingerprint density at radius 1 is 1.45 bits per heavy atom. The monoisotopic (exact) mass is 276 g/mol. The van der Waals surface area contributed by atoms with Gasteiger partial charge < -0.3 is 11.1 Å². The molecule has 1 amide bonds. The third-order valence-electron chi connectivity index (χ3n) is 3.92. The average Bonchev–Trinajstić information content (AvgIpc) is 2.47. The van der Waals surface area contributed by atoms with E-state index in [-0.39, 0.29) is 5.91 Å². The molecule has 1 aliphatic rings. The molecule has 20 heavy (non-hydrogen) atoms. The molecule has 5 nitrogen and oxygen atoms in total. The number of carbonyl (C=O) groups excluding carboxylic acids is 1. The molecule has 2 rings (SSSR count). The van der Waals surface area contributed by atoms with Crippen molar-refractivity contribution in [1.82, 2.24) is 15.2 Å². The first-order valence-electron chi connectivity index (χ1n) is 7.32. The minimum atomic E-state index is -0.0915. The molecule has 110 valence electrons. The van der Waals surface area contributed by atoms with Gasteiger partial charge in [-0.05, 0) is 45.8 Å². The van der Waals surface area contributed by atoms with Crippen molar-refractivity contribution in [2.75, 3.05) is 25.4 Å². The van der Waals surface area contributed by atoms with E-state index >= 15 is 0 Å². The molecular formula is C15H24N4O. The van der Waals surface area contributed by atoms with E-state index in [4.69, 9.17) is 5.73 Å². The third-order valence-corrected chi connectivity index (χ3v) is 3.92. The summed E-state index contributed by atoms with van der Waals surface area (Å²) in [4.78, 5) is 18.7. The van der Waals surface area contributed by atoms with E-state index in [1.807, 2.05) is 6.92 Å². The Kier molecular flexibility index (Phi) is 4.95. The van der Waals surface area contributed by atoms with Crippen LogP contribution in [0.15, 0.2) is 12.3 Å². The predicted molar refractivity (Wildman–Crippen MR) is 80.6 cm³/mol. The molecule has 0 bridgehead atoms. The van der Waals surface area contributed by atoms with Crippen LogP contribution in [0.1, 0.15) is 42.2 Å². The molecule has 1 aromatic rings. The zero-order valence-electron chi connectivity index (χ0n) is 12.4. The highest BCUT2D eigenvalue weighted by Crippen LogP contribution is 2.12. The molecule has 1 unspecified atom stereocenters. The van der Waals surface area contributed by atoms with Crippen LogP contribution in [0.5, 0.6) is 0 Å². The summed E-state index contributed by atoms with van der Waals surface area (Å²) in [5, 5.41) is 2.99. The number of piperidine rings is 1. The number of hydrogen-bond acceptors (Lipinski definition) is 4. The van der Waals surface area contributed by atoms with Crippen molar-refractivity contribution in [3.8, 4) is 0 Å². The summed E-state index contributed by atoms with van der Waals surface area (Å²) in [5.74, 6) is -0.0915. The second kappa shape index (κ2) is 6.70. The van der Waals surface area contributed by atoms with E-state index in [0.29, 0.717) is 29.5 Å². The number of likely N-dealkylation sites (tertiary alicyclic amines) is 1. The maximum atomic E-state index is 12.2. The number of nitrogens with one attached hydrogen (secondary N) is 1. The number of aryl methyl sites for hydroxylation is 1.